The summed E-state index contributed by atoms with van der Waals surface area (Å²) < 4.78 is 37.5. The van der Waals surface area contributed by atoms with Gasteiger partial charge in [-0.2, -0.15) is 4.94 Å². The van der Waals surface area contributed by atoms with E-state index in [0.29, 0.717) is 30.6 Å². The molecule has 0 amide bonds. The van der Waals surface area contributed by atoms with Crippen LogP contribution in [0.5, 0.6) is 11.5 Å². The van der Waals surface area contributed by atoms with Gasteiger partial charge in [-0.05, 0) is 54.5 Å². The molecule has 7 heteroatoms. The summed E-state index contributed by atoms with van der Waals surface area (Å²) in [6.45, 7) is 6.74. The van der Waals surface area contributed by atoms with Gasteiger partial charge in [0.05, 0.1) is 7.11 Å². The van der Waals surface area contributed by atoms with E-state index in [0.717, 1.165) is 24.2 Å². The largest absolute Gasteiger partial charge is 0.493 e. The summed E-state index contributed by atoms with van der Waals surface area (Å²) in [5, 5.41) is 0. The second-order valence-corrected chi connectivity index (χ2v) is 9.05. The number of halogens is 2. The van der Waals surface area contributed by atoms with Crippen molar-refractivity contribution in [3.63, 3.8) is 0 Å². The molecule has 2 aliphatic heterocycles. The smallest absolute Gasteiger partial charge is 0.197 e. The fourth-order valence-electron chi connectivity index (χ4n) is 3.93. The van der Waals surface area contributed by atoms with Crippen LogP contribution in [0.25, 0.3) is 0 Å². The van der Waals surface area contributed by atoms with Crippen LogP contribution in [0.1, 0.15) is 56.3 Å². The maximum absolute atomic E-state index is 15.3. The molecule has 1 atom stereocenters. The molecule has 1 fully saturated rings. The molecule has 1 unspecified atom stereocenters. The number of nitrogens with zero attached hydrogens (tertiary/aromatic N) is 1. The van der Waals surface area contributed by atoms with Crippen LogP contribution >= 0.6 is 0 Å². The van der Waals surface area contributed by atoms with E-state index < -0.39 is 5.60 Å². The molecule has 2 aromatic carbocycles. The quantitative estimate of drug-likeness (QED) is 0.631. The number of methoxy groups -OCH3 is 1. The fraction of sp³-hybridized carbons (Fsp3) is 0.480. The molecule has 2 heterocycles. The minimum absolute atomic E-state index is 0.0495. The number of rotatable bonds is 4. The van der Waals surface area contributed by atoms with Crippen molar-refractivity contribution in [3.8, 4) is 11.5 Å². The summed E-state index contributed by atoms with van der Waals surface area (Å²) in [7, 11) is 1.52. The lowest BCUT2D eigenvalue weighted by atomic mass is 9.86. The number of ether oxygens (including phenoxy) is 2. The number of piperidine rings is 1. The molecule has 0 bridgehead atoms. The zero-order valence-electron chi connectivity index (χ0n) is 19.1. The number of hydrogen-bond acceptors (Lipinski definition) is 5. The van der Waals surface area contributed by atoms with E-state index in [9.17, 15) is 9.32 Å². The highest BCUT2D eigenvalue weighted by molar-refractivity contribution is 5.80. The highest BCUT2D eigenvalue weighted by Crippen LogP contribution is 2.43. The van der Waals surface area contributed by atoms with Gasteiger partial charge in [0.15, 0.2) is 17.3 Å². The third kappa shape index (κ3) is 5.84. The standard InChI is InChI=1S/C21H22FNO3.C4H9FO/c1-25-19-12-17-16(8-10-23-9-7-15(24)11-18(17)23)20(22)21(19)26-13-14-5-3-2-4-6-14;1-4(2,3)6-5/h2-6,12,18H,7-11,13H2,1H3;1-3H3. The summed E-state index contributed by atoms with van der Waals surface area (Å²) in [4.78, 5) is 17.6. The van der Waals surface area contributed by atoms with Crippen LogP contribution in [0, 0.1) is 5.82 Å². The third-order valence-electron chi connectivity index (χ3n) is 5.55. The monoisotopic (exact) mass is 447 g/mol. The lowest BCUT2D eigenvalue weighted by molar-refractivity contribution is -0.214. The Kier molecular flexibility index (Phi) is 7.85. The first-order valence-corrected chi connectivity index (χ1v) is 10.8. The van der Waals surface area contributed by atoms with Gasteiger partial charge < -0.3 is 9.47 Å². The van der Waals surface area contributed by atoms with Crippen LogP contribution in [0.4, 0.5) is 8.92 Å². The Morgan fingerprint density at radius 1 is 1.12 bits per heavy atom. The van der Waals surface area contributed by atoms with Gasteiger partial charge in [0, 0.05) is 32.0 Å². The summed E-state index contributed by atoms with van der Waals surface area (Å²) in [6, 6.07) is 11.5. The lowest BCUT2D eigenvalue weighted by Gasteiger charge is -2.40. The molecule has 1 saturated heterocycles. The highest BCUT2D eigenvalue weighted by atomic mass is 19.3. The van der Waals surface area contributed by atoms with E-state index in [-0.39, 0.29) is 30.0 Å². The van der Waals surface area contributed by atoms with E-state index in [1.165, 1.54) is 7.11 Å². The molecular formula is C25H31F2NO4. The minimum Gasteiger partial charge on any atom is -0.493 e. The number of carbonyl (C=O) groups excluding carboxylic acids is 1. The van der Waals surface area contributed by atoms with E-state index in [1.807, 2.05) is 36.4 Å². The molecular weight excluding hydrogens is 416 g/mol. The lowest BCUT2D eigenvalue weighted by Crippen LogP contribution is -2.41. The van der Waals surface area contributed by atoms with Crippen molar-refractivity contribution >= 4 is 5.78 Å². The molecule has 0 spiro atoms. The van der Waals surface area contributed by atoms with Crippen LogP contribution in [-0.4, -0.2) is 36.5 Å². The van der Waals surface area contributed by atoms with Gasteiger partial charge in [0.2, 0.25) is 0 Å². The van der Waals surface area contributed by atoms with Crippen molar-refractivity contribution < 1.29 is 28.1 Å². The number of Topliss-reactive ketones (excluding diaryl/α,β-unsaturated/α-hetero) is 1. The zero-order chi connectivity index (χ0) is 23.3. The maximum Gasteiger partial charge on any atom is 0.197 e. The Bertz CT molecular complexity index is 928. The molecule has 0 radical (unpaired) electrons. The number of hydrogen-bond donors (Lipinski definition) is 0. The Morgan fingerprint density at radius 2 is 1.78 bits per heavy atom. The number of benzene rings is 2. The van der Waals surface area contributed by atoms with Gasteiger partial charge >= 0.3 is 0 Å². The van der Waals surface area contributed by atoms with Crippen molar-refractivity contribution in [2.75, 3.05) is 20.2 Å². The van der Waals surface area contributed by atoms with Gasteiger partial charge in [-0.1, -0.05) is 30.3 Å². The van der Waals surface area contributed by atoms with Crippen LogP contribution in [0.15, 0.2) is 36.4 Å². The van der Waals surface area contributed by atoms with E-state index in [4.69, 9.17) is 9.47 Å². The van der Waals surface area contributed by atoms with Crippen LogP contribution in [-0.2, 0) is 22.8 Å². The number of carbonyl (C=O) groups is 1. The molecule has 0 aliphatic carbocycles. The fourth-order valence-corrected chi connectivity index (χ4v) is 3.93. The van der Waals surface area contributed by atoms with Crippen molar-refractivity contribution in [3.05, 3.63) is 58.9 Å². The van der Waals surface area contributed by atoms with Crippen LogP contribution in [0.3, 0.4) is 0 Å². The molecule has 5 nitrogen and oxygen atoms in total. The third-order valence-corrected chi connectivity index (χ3v) is 5.55. The predicted molar refractivity (Wildman–Crippen MR) is 118 cm³/mol. The Morgan fingerprint density at radius 3 is 2.41 bits per heavy atom. The molecule has 0 aromatic heterocycles. The second-order valence-electron chi connectivity index (χ2n) is 9.05. The van der Waals surface area contributed by atoms with Gasteiger partial charge in [0.1, 0.15) is 18.0 Å². The van der Waals surface area contributed by atoms with Gasteiger partial charge in [0.25, 0.3) is 0 Å². The zero-order valence-corrected chi connectivity index (χ0v) is 19.1. The van der Waals surface area contributed by atoms with Crippen molar-refractivity contribution in [2.24, 2.45) is 0 Å². The number of ketones is 1. The summed E-state index contributed by atoms with van der Waals surface area (Å²) >= 11 is 0. The highest BCUT2D eigenvalue weighted by Gasteiger charge is 2.36. The SMILES string of the molecule is CC(C)(C)OF.COc1cc2c(c(F)c1OCc1ccccc1)CCN1CCC(=O)CC21. The molecule has 174 valence electrons. The Labute approximate surface area is 188 Å². The second kappa shape index (κ2) is 10.4. The van der Waals surface area contributed by atoms with Crippen LogP contribution in [0.2, 0.25) is 0 Å². The predicted octanol–water partition coefficient (Wildman–Crippen LogP) is 5.36. The molecule has 2 aliphatic rings. The average molecular weight is 448 g/mol. The Hall–Kier alpha value is -2.51. The van der Waals surface area contributed by atoms with Crippen molar-refractivity contribution in [1.29, 1.82) is 0 Å². The first-order chi connectivity index (χ1) is 15.2. The molecule has 32 heavy (non-hydrogen) atoms. The van der Waals surface area contributed by atoms with E-state index in [2.05, 4.69) is 9.84 Å². The molecule has 0 N–H and O–H groups in total. The molecule has 2 aromatic rings. The maximum atomic E-state index is 15.3. The minimum atomic E-state index is -0.625. The molecule has 4 rings (SSSR count). The van der Waals surface area contributed by atoms with Crippen molar-refractivity contribution in [1.82, 2.24) is 4.90 Å². The van der Waals surface area contributed by atoms with E-state index >= 15 is 4.39 Å². The molecule has 0 saturated carbocycles. The Balaban J connectivity index is 0.000000427. The first-order valence-electron chi connectivity index (χ1n) is 10.8. The normalized spacial score (nSPS) is 18.2. The summed E-state index contributed by atoms with van der Waals surface area (Å²) in [6.07, 6.45) is 1.65. The summed E-state index contributed by atoms with van der Waals surface area (Å²) in [5.41, 5.74) is 1.87. The first kappa shape index (κ1) is 24.1. The average Bonchev–Trinajstić information content (AvgIpc) is 2.78. The van der Waals surface area contributed by atoms with E-state index in [1.54, 1.807) is 20.8 Å². The number of fused-ring (bicyclic) bond motifs is 3. The van der Waals surface area contributed by atoms with Gasteiger partial charge in [-0.15, -0.1) is 0 Å². The van der Waals surface area contributed by atoms with Crippen LogP contribution < -0.4 is 9.47 Å². The van der Waals surface area contributed by atoms with Crippen molar-refractivity contribution in [2.45, 2.75) is 58.3 Å². The summed E-state index contributed by atoms with van der Waals surface area (Å²) in [5.74, 6) is 0.429. The topological polar surface area (TPSA) is 48.0 Å². The van der Waals surface area contributed by atoms with Gasteiger partial charge in [-0.25, -0.2) is 4.39 Å². The van der Waals surface area contributed by atoms with Gasteiger partial charge in [-0.3, -0.25) is 9.69 Å².